The molecular formula is C42H53ClN6. The normalized spacial score (nSPS) is 20.9. The SMILES string of the molecule is C=C(N[C@@H](Cc1ccccc1)C(C)c1cnc[nH]1)C1CN(C2(C)c3ccc(Cl)cc3CCc3cc(C)cnc32)CCN1C(=C)CC(C)(C)C. The number of piperazine rings is 1. The maximum Gasteiger partial charge on any atom is 0.0921 e. The van der Waals surface area contributed by atoms with Gasteiger partial charge in [-0.15, -0.1) is 0 Å². The lowest BCUT2D eigenvalue weighted by Crippen LogP contribution is -2.61. The lowest BCUT2D eigenvalue weighted by atomic mass is 9.81. The van der Waals surface area contributed by atoms with Gasteiger partial charge in [0.1, 0.15) is 0 Å². The molecule has 0 amide bonds. The van der Waals surface area contributed by atoms with Crippen molar-refractivity contribution >= 4 is 11.6 Å². The van der Waals surface area contributed by atoms with E-state index in [0.29, 0.717) is 0 Å². The Morgan fingerprint density at radius 2 is 1.82 bits per heavy atom. The number of aryl methyl sites for hydroxylation is 3. The van der Waals surface area contributed by atoms with Gasteiger partial charge in [0.2, 0.25) is 0 Å². The van der Waals surface area contributed by atoms with Crippen LogP contribution in [0.25, 0.3) is 0 Å². The second kappa shape index (κ2) is 14.2. The van der Waals surface area contributed by atoms with Crippen molar-refractivity contribution in [2.75, 3.05) is 19.6 Å². The highest BCUT2D eigenvalue weighted by molar-refractivity contribution is 6.30. The summed E-state index contributed by atoms with van der Waals surface area (Å²) in [5, 5.41) is 4.77. The third kappa shape index (κ3) is 7.51. The summed E-state index contributed by atoms with van der Waals surface area (Å²) < 4.78 is 0. The van der Waals surface area contributed by atoms with E-state index in [9.17, 15) is 0 Å². The predicted molar refractivity (Wildman–Crippen MR) is 203 cm³/mol. The molecule has 2 aromatic heterocycles. The zero-order valence-electron chi connectivity index (χ0n) is 30.2. The second-order valence-corrected chi connectivity index (χ2v) is 16.1. The molecular weight excluding hydrogens is 624 g/mol. The Morgan fingerprint density at radius 1 is 1.06 bits per heavy atom. The molecule has 49 heavy (non-hydrogen) atoms. The maximum atomic E-state index is 6.61. The summed E-state index contributed by atoms with van der Waals surface area (Å²) in [5.74, 6) is 0.181. The highest BCUT2D eigenvalue weighted by Gasteiger charge is 2.45. The van der Waals surface area contributed by atoms with Crippen LogP contribution in [0.3, 0.4) is 0 Å². The van der Waals surface area contributed by atoms with Crippen molar-refractivity contribution in [1.82, 2.24) is 30.1 Å². The quantitative estimate of drug-likeness (QED) is 0.176. The van der Waals surface area contributed by atoms with Crippen molar-refractivity contribution < 1.29 is 0 Å². The number of benzene rings is 2. The van der Waals surface area contributed by atoms with Crippen molar-refractivity contribution in [3.8, 4) is 0 Å². The highest BCUT2D eigenvalue weighted by atomic mass is 35.5. The van der Waals surface area contributed by atoms with Crippen LogP contribution in [0.1, 0.15) is 86.2 Å². The van der Waals surface area contributed by atoms with Gasteiger partial charge in [0.05, 0.1) is 23.6 Å². The summed E-state index contributed by atoms with van der Waals surface area (Å²) in [6.07, 6.45) is 9.40. The first-order valence-electron chi connectivity index (χ1n) is 17.8. The number of pyridine rings is 1. The molecule has 3 heterocycles. The number of aromatic nitrogens is 3. The van der Waals surface area contributed by atoms with Crippen molar-refractivity contribution in [3.05, 3.63) is 142 Å². The van der Waals surface area contributed by atoms with Crippen LogP contribution >= 0.6 is 11.6 Å². The fourth-order valence-electron chi connectivity index (χ4n) is 8.09. The number of aromatic amines is 1. The number of hydrogen-bond donors (Lipinski definition) is 2. The molecule has 3 unspecified atom stereocenters. The fraction of sp³-hybridized carbons (Fsp3) is 0.429. The number of halogens is 1. The van der Waals surface area contributed by atoms with Crippen molar-refractivity contribution in [3.63, 3.8) is 0 Å². The summed E-state index contributed by atoms with van der Waals surface area (Å²) in [6, 6.07) is 19.6. The topological polar surface area (TPSA) is 60.1 Å². The highest BCUT2D eigenvalue weighted by Crippen LogP contribution is 2.44. The van der Waals surface area contributed by atoms with Gasteiger partial charge in [-0.25, -0.2) is 4.98 Å². The van der Waals surface area contributed by atoms with Crippen LogP contribution in [-0.4, -0.2) is 56.5 Å². The molecule has 4 aromatic rings. The monoisotopic (exact) mass is 676 g/mol. The molecule has 1 aliphatic heterocycles. The summed E-state index contributed by atoms with van der Waals surface area (Å²) >= 11 is 6.61. The average Bonchev–Trinajstić information content (AvgIpc) is 3.57. The largest absolute Gasteiger partial charge is 0.383 e. The van der Waals surface area contributed by atoms with Gasteiger partial charge in [-0.2, -0.15) is 0 Å². The smallest absolute Gasteiger partial charge is 0.0921 e. The minimum absolute atomic E-state index is 0.000525. The van der Waals surface area contributed by atoms with Gasteiger partial charge >= 0.3 is 0 Å². The third-order valence-corrected chi connectivity index (χ3v) is 10.9. The third-order valence-electron chi connectivity index (χ3n) is 10.7. The van der Waals surface area contributed by atoms with E-state index in [2.05, 4.69) is 122 Å². The first-order chi connectivity index (χ1) is 23.3. The number of H-pyrrole nitrogens is 1. The number of allylic oxidation sites excluding steroid dienone is 1. The van der Waals surface area contributed by atoms with Gasteiger partial charge in [0, 0.05) is 66.1 Å². The second-order valence-electron chi connectivity index (χ2n) is 15.6. The molecule has 0 radical (unpaired) electrons. The van der Waals surface area contributed by atoms with Crippen LogP contribution in [0.4, 0.5) is 0 Å². The molecule has 1 aliphatic carbocycles. The van der Waals surface area contributed by atoms with Gasteiger partial charge in [-0.3, -0.25) is 9.88 Å². The molecule has 1 fully saturated rings. The Labute approximate surface area is 298 Å². The van der Waals surface area contributed by atoms with Crippen LogP contribution in [-0.2, 0) is 24.8 Å². The standard InChI is InChI=1S/C42H53ClN6/c1-28-20-34-15-14-33-22-35(43)16-17-36(33)42(8,40(34)45-24-28)48-18-19-49(29(2)23-41(5,6)7)39(26-48)31(4)47-37(21-32-12-10-9-11-13-32)30(3)38-25-44-27-46-38/h9-13,16-17,20,22,24-25,27,30,37,39,47H,2,4,14-15,18-19,21,23,26H2,1,3,5-8H3,(H,44,46)/t30?,37-,39?,42?/m0/s1. The molecule has 2 aliphatic rings. The molecule has 6 nitrogen and oxygen atoms in total. The van der Waals surface area contributed by atoms with E-state index < -0.39 is 5.54 Å². The zero-order chi connectivity index (χ0) is 34.9. The zero-order valence-corrected chi connectivity index (χ0v) is 30.9. The molecule has 1 saturated heterocycles. The summed E-state index contributed by atoms with van der Waals surface area (Å²) in [5.41, 5.74) is 10.5. The van der Waals surface area contributed by atoms with Crippen LogP contribution in [0.15, 0.2) is 97.9 Å². The van der Waals surface area contributed by atoms with Crippen LogP contribution in [0, 0.1) is 12.3 Å². The first kappa shape index (κ1) is 35.0. The van der Waals surface area contributed by atoms with E-state index in [-0.39, 0.29) is 23.4 Å². The number of nitrogens with one attached hydrogen (secondary N) is 2. The molecule has 7 heteroatoms. The predicted octanol–water partition coefficient (Wildman–Crippen LogP) is 8.58. The number of nitrogens with zero attached hydrogens (tertiary/aromatic N) is 4. The Bertz CT molecular complexity index is 1720. The Hall–Kier alpha value is -3.87. The number of hydrogen-bond acceptors (Lipinski definition) is 5. The van der Waals surface area contributed by atoms with Gasteiger partial charge in [-0.1, -0.05) is 94.9 Å². The van der Waals surface area contributed by atoms with Crippen molar-refractivity contribution in [2.24, 2.45) is 5.41 Å². The molecule has 4 atom stereocenters. The van der Waals surface area contributed by atoms with Crippen molar-refractivity contribution in [2.45, 2.75) is 90.8 Å². The Morgan fingerprint density at radius 3 is 2.53 bits per heavy atom. The van der Waals surface area contributed by atoms with Crippen LogP contribution in [0.5, 0.6) is 0 Å². The average molecular weight is 677 g/mol. The van der Waals surface area contributed by atoms with E-state index in [0.717, 1.165) is 73.1 Å². The van der Waals surface area contributed by atoms with Crippen molar-refractivity contribution in [1.29, 1.82) is 0 Å². The van der Waals surface area contributed by atoms with E-state index in [1.54, 1.807) is 6.33 Å². The molecule has 6 rings (SSSR count). The molecule has 2 aromatic carbocycles. The summed E-state index contributed by atoms with van der Waals surface area (Å²) in [4.78, 5) is 18.1. The van der Waals surface area contributed by atoms with Gasteiger partial charge in [0.15, 0.2) is 0 Å². The maximum absolute atomic E-state index is 6.61. The van der Waals surface area contributed by atoms with Gasteiger partial charge in [0.25, 0.3) is 0 Å². The number of fused-ring (bicyclic) bond motifs is 2. The van der Waals surface area contributed by atoms with E-state index in [1.165, 1.54) is 27.8 Å². The minimum atomic E-state index is -0.442. The minimum Gasteiger partial charge on any atom is -0.383 e. The number of rotatable bonds is 10. The van der Waals surface area contributed by atoms with E-state index in [4.69, 9.17) is 23.2 Å². The summed E-state index contributed by atoms with van der Waals surface area (Å²) in [7, 11) is 0. The Kier molecular flexibility index (Phi) is 10.1. The van der Waals surface area contributed by atoms with E-state index >= 15 is 0 Å². The lowest BCUT2D eigenvalue weighted by Gasteiger charge is -2.52. The fourth-order valence-corrected chi connectivity index (χ4v) is 8.28. The molecule has 0 bridgehead atoms. The van der Waals surface area contributed by atoms with Gasteiger partial charge < -0.3 is 15.2 Å². The first-order valence-corrected chi connectivity index (χ1v) is 18.1. The van der Waals surface area contributed by atoms with Crippen LogP contribution in [0.2, 0.25) is 5.02 Å². The Balaban J connectivity index is 1.39. The van der Waals surface area contributed by atoms with E-state index in [1.807, 2.05) is 18.5 Å². The molecule has 0 spiro atoms. The lowest BCUT2D eigenvalue weighted by molar-refractivity contribution is 0.0419. The molecule has 258 valence electrons. The number of imidazole rings is 1. The van der Waals surface area contributed by atoms with Crippen LogP contribution < -0.4 is 5.32 Å². The summed E-state index contributed by atoms with van der Waals surface area (Å²) in [6.45, 7) is 25.6. The molecule has 2 N–H and O–H groups in total. The molecule has 0 saturated carbocycles. The van der Waals surface area contributed by atoms with Gasteiger partial charge in [-0.05, 0) is 84.9 Å².